The first kappa shape index (κ1) is 4.09. The fourth-order valence-corrected chi connectivity index (χ4v) is 0.345. The summed E-state index contributed by atoms with van der Waals surface area (Å²) in [6.45, 7) is 4.15. The van der Waals surface area contributed by atoms with E-state index in [0.29, 0.717) is 0 Å². The van der Waals surface area contributed by atoms with Crippen LogP contribution in [0, 0.1) is 0 Å². The van der Waals surface area contributed by atoms with E-state index in [9.17, 15) is 0 Å². The van der Waals surface area contributed by atoms with E-state index in [1.807, 2.05) is 12.1 Å². The molecule has 1 aliphatic heterocycles. The molecule has 1 heterocycles. The van der Waals surface area contributed by atoms with E-state index in [1.54, 1.807) is 0 Å². The van der Waals surface area contributed by atoms with Crippen LogP contribution in [0.4, 0.5) is 0 Å². The van der Waals surface area contributed by atoms with Crippen LogP contribution in [0.25, 0.3) is 0 Å². The molecule has 0 saturated carbocycles. The van der Waals surface area contributed by atoms with Gasteiger partial charge < -0.3 is 0 Å². The number of hydrogen-bond acceptors (Lipinski definition) is 1. The molecule has 0 aromatic rings. The summed E-state index contributed by atoms with van der Waals surface area (Å²) >= 11 is 0. The fraction of sp³-hybridized carbons (Fsp3) is 1.00. The smallest absolute Gasteiger partial charge is 0.113 e. The molecule has 0 amide bonds. The third-order valence-corrected chi connectivity index (χ3v) is 1.15. The maximum absolute atomic E-state index is 4.02. The van der Waals surface area contributed by atoms with Crippen LogP contribution in [0.5, 0.6) is 0 Å². The molecule has 1 rings (SSSR count). The lowest BCUT2D eigenvalue weighted by Crippen LogP contribution is -2.02. The van der Waals surface area contributed by atoms with Crippen LogP contribution < -0.4 is 5.43 Å². The number of rotatable bonds is 0. The van der Waals surface area contributed by atoms with Gasteiger partial charge in [0.05, 0.1) is 0 Å². The topological polar surface area (TPSA) is 17.1 Å². The van der Waals surface area contributed by atoms with Crippen LogP contribution in [-0.4, -0.2) is 17.7 Å². The normalized spacial score (nSPS) is 39.5. The van der Waals surface area contributed by atoms with Crippen molar-refractivity contribution < 1.29 is 0 Å². The molecular formula is C4H9N2. The van der Waals surface area contributed by atoms with Gasteiger partial charge in [-0.2, -0.15) is 0 Å². The highest BCUT2D eigenvalue weighted by atomic mass is 15.8. The van der Waals surface area contributed by atoms with Crippen LogP contribution in [0.1, 0.15) is 13.8 Å². The molecule has 0 aliphatic carbocycles. The summed E-state index contributed by atoms with van der Waals surface area (Å²) < 4.78 is 0. The molecule has 1 atom stereocenters. The maximum atomic E-state index is 4.02. The Morgan fingerprint density at radius 1 is 1.50 bits per heavy atom. The summed E-state index contributed by atoms with van der Waals surface area (Å²) in [6.07, 6.45) is 0. The van der Waals surface area contributed by atoms with Gasteiger partial charge in [0.15, 0.2) is 0 Å². The lowest BCUT2D eigenvalue weighted by molar-refractivity contribution is 0.523. The van der Waals surface area contributed by atoms with Gasteiger partial charge in [-0.25, -0.2) is 5.01 Å². The molecule has 2 heteroatoms. The molecule has 1 saturated heterocycles. The lowest BCUT2D eigenvalue weighted by Gasteiger charge is -1.87. The molecular weight excluding hydrogens is 76.1 g/mol. The molecule has 1 aliphatic rings. The first-order valence-corrected chi connectivity index (χ1v) is 2.09. The van der Waals surface area contributed by atoms with Gasteiger partial charge >= 0.3 is 0 Å². The minimum atomic E-state index is 0.167. The van der Waals surface area contributed by atoms with E-state index in [4.69, 9.17) is 0 Å². The van der Waals surface area contributed by atoms with Gasteiger partial charge in [0, 0.05) is 7.05 Å². The summed E-state index contributed by atoms with van der Waals surface area (Å²) in [5.41, 5.74) is 4.19. The van der Waals surface area contributed by atoms with Gasteiger partial charge in [0.1, 0.15) is 5.66 Å². The molecule has 0 bridgehead atoms. The van der Waals surface area contributed by atoms with Gasteiger partial charge in [-0.3, -0.25) is 0 Å². The Kier molecular flexibility index (Phi) is 0.524. The monoisotopic (exact) mass is 85.1 g/mol. The van der Waals surface area contributed by atoms with Crippen molar-refractivity contribution in [1.29, 1.82) is 0 Å². The predicted octanol–water partition coefficient (Wildman–Crippen LogP) is 0.187. The van der Waals surface area contributed by atoms with Crippen molar-refractivity contribution in [3.8, 4) is 0 Å². The van der Waals surface area contributed by atoms with Gasteiger partial charge in [0.25, 0.3) is 0 Å². The van der Waals surface area contributed by atoms with E-state index in [-0.39, 0.29) is 5.66 Å². The molecule has 1 radical (unpaired) electrons. The van der Waals surface area contributed by atoms with Crippen molar-refractivity contribution in [2.45, 2.75) is 19.5 Å². The van der Waals surface area contributed by atoms with E-state index in [2.05, 4.69) is 19.3 Å². The highest BCUT2D eigenvalue weighted by Crippen LogP contribution is 2.21. The molecule has 1 unspecified atom stereocenters. The van der Waals surface area contributed by atoms with Crippen LogP contribution in [0.2, 0.25) is 0 Å². The van der Waals surface area contributed by atoms with Crippen LogP contribution in [-0.2, 0) is 0 Å². The Morgan fingerprint density at radius 2 is 1.67 bits per heavy atom. The van der Waals surface area contributed by atoms with Gasteiger partial charge in [0.2, 0.25) is 0 Å². The minimum Gasteiger partial charge on any atom is -0.206 e. The molecule has 35 valence electrons. The van der Waals surface area contributed by atoms with E-state index < -0.39 is 0 Å². The van der Waals surface area contributed by atoms with Crippen molar-refractivity contribution in [2.75, 3.05) is 7.05 Å². The largest absolute Gasteiger partial charge is 0.206 e. The zero-order valence-corrected chi connectivity index (χ0v) is 4.39. The van der Waals surface area contributed by atoms with Crippen LogP contribution in [0.3, 0.4) is 0 Å². The highest BCUT2D eigenvalue weighted by Gasteiger charge is 2.41. The van der Waals surface area contributed by atoms with Crippen molar-refractivity contribution in [2.24, 2.45) is 0 Å². The number of hydrogen-bond donors (Lipinski definition) is 0. The lowest BCUT2D eigenvalue weighted by atomic mass is 10.3. The van der Waals surface area contributed by atoms with Gasteiger partial charge in [-0.05, 0) is 13.8 Å². The average molecular weight is 85.1 g/mol. The van der Waals surface area contributed by atoms with Crippen molar-refractivity contribution in [3.05, 3.63) is 0 Å². The highest BCUT2D eigenvalue weighted by molar-refractivity contribution is 4.84. The van der Waals surface area contributed by atoms with Crippen molar-refractivity contribution in [3.63, 3.8) is 0 Å². The summed E-state index contributed by atoms with van der Waals surface area (Å²) in [7, 11) is 1.97. The summed E-state index contributed by atoms with van der Waals surface area (Å²) in [6, 6.07) is 0. The Morgan fingerprint density at radius 3 is 1.67 bits per heavy atom. The molecule has 6 heavy (non-hydrogen) atoms. The minimum absolute atomic E-state index is 0.167. The fourth-order valence-electron chi connectivity index (χ4n) is 0.345. The van der Waals surface area contributed by atoms with Gasteiger partial charge in [-0.15, -0.1) is 5.43 Å². The van der Waals surface area contributed by atoms with E-state index in [1.165, 1.54) is 0 Å². The predicted molar refractivity (Wildman–Crippen MR) is 24.0 cm³/mol. The molecule has 1 fully saturated rings. The summed E-state index contributed by atoms with van der Waals surface area (Å²) in [4.78, 5) is 0. The first-order chi connectivity index (χ1) is 2.63. The SMILES string of the molecule is CN1[N]C1(C)C. The van der Waals surface area contributed by atoms with Crippen molar-refractivity contribution in [1.82, 2.24) is 10.4 Å². The summed E-state index contributed by atoms with van der Waals surface area (Å²) in [5, 5.41) is 1.94. The Bertz CT molecular complexity index is 67.9. The quantitative estimate of drug-likeness (QED) is 0.384. The average Bonchev–Trinajstić information content (AvgIpc) is 1.73. The molecule has 0 N–H and O–H groups in total. The van der Waals surface area contributed by atoms with E-state index in [0.717, 1.165) is 0 Å². The molecule has 0 spiro atoms. The summed E-state index contributed by atoms with van der Waals surface area (Å²) in [5.74, 6) is 0. The molecule has 0 aromatic heterocycles. The van der Waals surface area contributed by atoms with Crippen LogP contribution >= 0.6 is 0 Å². The third kappa shape index (κ3) is 0.420. The Labute approximate surface area is 38.1 Å². The van der Waals surface area contributed by atoms with Crippen molar-refractivity contribution >= 4 is 0 Å². The van der Waals surface area contributed by atoms with Crippen LogP contribution in [0.15, 0.2) is 0 Å². The Hall–Kier alpha value is -0.0800. The first-order valence-electron chi connectivity index (χ1n) is 2.09. The van der Waals surface area contributed by atoms with Gasteiger partial charge in [-0.1, -0.05) is 0 Å². The second-order valence-electron chi connectivity index (χ2n) is 2.12. The van der Waals surface area contributed by atoms with E-state index >= 15 is 0 Å². The Balaban J connectivity index is 2.41. The maximum Gasteiger partial charge on any atom is 0.113 e. The zero-order chi connectivity index (χ0) is 4.78. The molecule has 0 aromatic carbocycles. The zero-order valence-electron chi connectivity index (χ0n) is 4.39. The third-order valence-electron chi connectivity index (χ3n) is 1.15. The second kappa shape index (κ2) is 0.768. The molecule has 2 nitrogen and oxygen atoms in total. The second-order valence-corrected chi connectivity index (χ2v) is 2.12. The standard InChI is InChI=1S/C4H9N2/c1-4(2)5-6(4)3/h1-3H3. The number of nitrogens with zero attached hydrogens (tertiary/aromatic N) is 2.